The van der Waals surface area contributed by atoms with Crippen molar-refractivity contribution in [3.8, 4) is 11.5 Å². The van der Waals surface area contributed by atoms with Crippen LogP contribution in [0.5, 0.6) is 11.5 Å². The summed E-state index contributed by atoms with van der Waals surface area (Å²) in [6.45, 7) is 1.64. The third-order valence-corrected chi connectivity index (χ3v) is 6.07. The summed E-state index contributed by atoms with van der Waals surface area (Å²) >= 11 is 0. The number of amides is 2. The SMILES string of the molecule is COc1ccc(C2CN(C(=O)c3cccc(OC)c3)CC2C(=O)NCC2CC2)cc1. The highest BCUT2D eigenvalue weighted by molar-refractivity contribution is 5.95. The van der Waals surface area contributed by atoms with Crippen molar-refractivity contribution < 1.29 is 19.1 Å². The van der Waals surface area contributed by atoms with Crippen LogP contribution in [0.4, 0.5) is 0 Å². The number of likely N-dealkylation sites (tertiary alicyclic amines) is 1. The number of hydrogen-bond donors (Lipinski definition) is 1. The summed E-state index contributed by atoms with van der Waals surface area (Å²) < 4.78 is 10.5. The molecule has 0 aromatic heterocycles. The summed E-state index contributed by atoms with van der Waals surface area (Å²) in [5.41, 5.74) is 1.62. The van der Waals surface area contributed by atoms with E-state index in [2.05, 4.69) is 5.32 Å². The van der Waals surface area contributed by atoms with Crippen molar-refractivity contribution in [2.24, 2.45) is 11.8 Å². The number of benzene rings is 2. The molecule has 2 amide bonds. The van der Waals surface area contributed by atoms with E-state index in [4.69, 9.17) is 9.47 Å². The summed E-state index contributed by atoms with van der Waals surface area (Å²) in [6.07, 6.45) is 2.38. The monoisotopic (exact) mass is 408 g/mol. The summed E-state index contributed by atoms with van der Waals surface area (Å²) in [6, 6.07) is 14.9. The second-order valence-corrected chi connectivity index (χ2v) is 8.12. The molecule has 2 atom stereocenters. The minimum Gasteiger partial charge on any atom is -0.497 e. The fourth-order valence-electron chi connectivity index (χ4n) is 4.06. The largest absolute Gasteiger partial charge is 0.497 e. The maximum Gasteiger partial charge on any atom is 0.254 e. The van der Waals surface area contributed by atoms with Gasteiger partial charge < -0.3 is 19.7 Å². The fraction of sp³-hybridized carbons (Fsp3) is 0.417. The number of methoxy groups -OCH3 is 2. The molecule has 2 aromatic carbocycles. The van der Waals surface area contributed by atoms with Crippen LogP contribution in [0.15, 0.2) is 48.5 Å². The van der Waals surface area contributed by atoms with E-state index >= 15 is 0 Å². The fourth-order valence-corrected chi connectivity index (χ4v) is 4.06. The van der Waals surface area contributed by atoms with E-state index in [9.17, 15) is 9.59 Å². The quantitative estimate of drug-likeness (QED) is 0.765. The Kier molecular flexibility index (Phi) is 5.93. The molecule has 158 valence electrons. The van der Waals surface area contributed by atoms with E-state index in [1.54, 1.807) is 31.3 Å². The lowest BCUT2D eigenvalue weighted by atomic mass is 9.88. The Balaban J connectivity index is 1.55. The predicted molar refractivity (Wildman–Crippen MR) is 114 cm³/mol. The summed E-state index contributed by atoms with van der Waals surface area (Å²) in [5.74, 6) is 1.66. The van der Waals surface area contributed by atoms with Gasteiger partial charge in [-0.3, -0.25) is 9.59 Å². The zero-order valence-corrected chi connectivity index (χ0v) is 17.5. The minimum absolute atomic E-state index is 0.0312. The highest BCUT2D eigenvalue weighted by Crippen LogP contribution is 2.35. The van der Waals surface area contributed by atoms with Crippen LogP contribution in [0.3, 0.4) is 0 Å². The normalized spacial score (nSPS) is 20.7. The number of rotatable bonds is 7. The molecule has 0 bridgehead atoms. The Labute approximate surface area is 177 Å². The molecule has 0 spiro atoms. The first kappa shape index (κ1) is 20.3. The van der Waals surface area contributed by atoms with Gasteiger partial charge in [0.15, 0.2) is 0 Å². The first-order valence-corrected chi connectivity index (χ1v) is 10.4. The lowest BCUT2D eigenvalue weighted by molar-refractivity contribution is -0.125. The summed E-state index contributed by atoms with van der Waals surface area (Å²) in [5, 5.41) is 3.10. The molecule has 1 saturated heterocycles. The highest BCUT2D eigenvalue weighted by atomic mass is 16.5. The molecular formula is C24H28N2O4. The molecule has 2 aromatic rings. The molecule has 1 aliphatic heterocycles. The molecule has 0 radical (unpaired) electrons. The third-order valence-electron chi connectivity index (χ3n) is 6.07. The third kappa shape index (κ3) is 4.42. The second-order valence-electron chi connectivity index (χ2n) is 8.12. The first-order valence-electron chi connectivity index (χ1n) is 10.4. The lowest BCUT2D eigenvalue weighted by Crippen LogP contribution is -2.36. The van der Waals surface area contributed by atoms with E-state index in [0.717, 1.165) is 17.9 Å². The Hall–Kier alpha value is -3.02. The Morgan fingerprint density at radius 3 is 2.40 bits per heavy atom. The molecule has 2 aliphatic rings. The zero-order chi connectivity index (χ0) is 21.1. The minimum atomic E-state index is -0.272. The number of nitrogens with zero attached hydrogens (tertiary/aromatic N) is 1. The predicted octanol–water partition coefficient (Wildman–Crippen LogP) is 3.09. The number of nitrogens with one attached hydrogen (secondary N) is 1. The molecule has 2 unspecified atom stereocenters. The van der Waals surface area contributed by atoms with E-state index in [-0.39, 0.29) is 23.7 Å². The van der Waals surface area contributed by atoms with Crippen molar-refractivity contribution in [3.63, 3.8) is 0 Å². The van der Waals surface area contributed by atoms with E-state index in [1.165, 1.54) is 12.8 Å². The van der Waals surface area contributed by atoms with Gasteiger partial charge in [-0.15, -0.1) is 0 Å². The van der Waals surface area contributed by atoms with E-state index in [0.29, 0.717) is 30.3 Å². The van der Waals surface area contributed by atoms with Gasteiger partial charge in [-0.2, -0.15) is 0 Å². The van der Waals surface area contributed by atoms with Crippen molar-refractivity contribution in [3.05, 3.63) is 59.7 Å². The van der Waals surface area contributed by atoms with Crippen molar-refractivity contribution in [1.82, 2.24) is 10.2 Å². The van der Waals surface area contributed by atoms with E-state index < -0.39 is 0 Å². The molecule has 1 heterocycles. The number of hydrogen-bond acceptors (Lipinski definition) is 4. The maximum absolute atomic E-state index is 13.2. The highest BCUT2D eigenvalue weighted by Gasteiger charge is 2.41. The van der Waals surface area contributed by atoms with Gasteiger partial charge in [-0.1, -0.05) is 18.2 Å². The standard InChI is InChI=1S/C24H28N2O4/c1-29-19-10-8-17(9-11-19)21-14-26(15-22(21)23(27)25-13-16-6-7-16)24(28)18-4-3-5-20(12-18)30-2/h3-5,8-12,16,21-22H,6-7,13-15H2,1-2H3,(H,25,27). The van der Waals surface area contributed by atoms with Crippen LogP contribution in [0.1, 0.15) is 34.7 Å². The molecule has 6 heteroatoms. The van der Waals surface area contributed by atoms with Crippen LogP contribution in [-0.2, 0) is 4.79 Å². The summed E-state index contributed by atoms with van der Waals surface area (Å²) in [4.78, 5) is 27.9. The molecule has 6 nitrogen and oxygen atoms in total. The number of ether oxygens (including phenoxy) is 2. The first-order chi connectivity index (χ1) is 14.6. The van der Waals surface area contributed by atoms with Crippen LogP contribution in [0.2, 0.25) is 0 Å². The molecule has 4 rings (SSSR count). The van der Waals surface area contributed by atoms with Gasteiger partial charge in [0.2, 0.25) is 5.91 Å². The Morgan fingerprint density at radius 2 is 1.73 bits per heavy atom. The van der Waals surface area contributed by atoms with Crippen LogP contribution in [-0.4, -0.2) is 50.6 Å². The molecule has 1 saturated carbocycles. The van der Waals surface area contributed by atoms with Gasteiger partial charge in [-0.25, -0.2) is 0 Å². The summed E-state index contributed by atoms with van der Waals surface area (Å²) in [7, 11) is 3.21. The number of carbonyl (C=O) groups is 2. The second kappa shape index (κ2) is 8.78. The zero-order valence-electron chi connectivity index (χ0n) is 17.5. The van der Waals surface area contributed by atoms with Gasteiger partial charge in [0.1, 0.15) is 11.5 Å². The molecular weight excluding hydrogens is 380 g/mol. The van der Waals surface area contributed by atoms with Crippen molar-refractivity contribution in [1.29, 1.82) is 0 Å². The van der Waals surface area contributed by atoms with Crippen LogP contribution in [0, 0.1) is 11.8 Å². The molecule has 30 heavy (non-hydrogen) atoms. The van der Waals surface area contributed by atoms with Crippen molar-refractivity contribution in [2.75, 3.05) is 33.9 Å². The van der Waals surface area contributed by atoms with Crippen LogP contribution >= 0.6 is 0 Å². The van der Waals surface area contributed by atoms with Gasteiger partial charge in [0, 0.05) is 31.1 Å². The van der Waals surface area contributed by atoms with Gasteiger partial charge in [0.05, 0.1) is 20.1 Å². The molecule has 2 fully saturated rings. The van der Waals surface area contributed by atoms with E-state index in [1.807, 2.05) is 36.4 Å². The average Bonchev–Trinajstić information content (AvgIpc) is 3.52. The molecule has 1 aliphatic carbocycles. The smallest absolute Gasteiger partial charge is 0.254 e. The van der Waals surface area contributed by atoms with Gasteiger partial charge in [-0.05, 0) is 54.7 Å². The number of carbonyl (C=O) groups excluding carboxylic acids is 2. The Morgan fingerprint density at radius 1 is 1.00 bits per heavy atom. The van der Waals surface area contributed by atoms with Gasteiger partial charge in [0.25, 0.3) is 5.91 Å². The van der Waals surface area contributed by atoms with Crippen LogP contribution < -0.4 is 14.8 Å². The van der Waals surface area contributed by atoms with Gasteiger partial charge >= 0.3 is 0 Å². The van der Waals surface area contributed by atoms with Crippen LogP contribution in [0.25, 0.3) is 0 Å². The topological polar surface area (TPSA) is 67.9 Å². The average molecular weight is 408 g/mol. The van der Waals surface area contributed by atoms with Crippen molar-refractivity contribution in [2.45, 2.75) is 18.8 Å². The maximum atomic E-state index is 13.2. The lowest BCUT2D eigenvalue weighted by Gasteiger charge is -2.18. The Bertz CT molecular complexity index is 908. The molecule has 1 N–H and O–H groups in total. The van der Waals surface area contributed by atoms with Crippen molar-refractivity contribution >= 4 is 11.8 Å².